The predicted octanol–water partition coefficient (Wildman–Crippen LogP) is 3.41. The average Bonchev–Trinajstić information content (AvgIpc) is 3.15. The lowest BCUT2D eigenvalue weighted by Gasteiger charge is -2.29. The Labute approximate surface area is 178 Å². The van der Waals surface area contributed by atoms with Crippen molar-refractivity contribution in [3.63, 3.8) is 0 Å². The number of imidazole rings is 1. The van der Waals surface area contributed by atoms with E-state index >= 15 is 0 Å². The predicted molar refractivity (Wildman–Crippen MR) is 115 cm³/mol. The summed E-state index contributed by atoms with van der Waals surface area (Å²) >= 11 is 0. The summed E-state index contributed by atoms with van der Waals surface area (Å²) in [5.41, 5.74) is 2.24. The highest BCUT2D eigenvalue weighted by Gasteiger charge is 2.26. The molecule has 1 aliphatic rings. The third kappa shape index (κ3) is 4.28. The van der Waals surface area contributed by atoms with E-state index in [0.717, 1.165) is 36.8 Å². The molecule has 1 heterocycles. The van der Waals surface area contributed by atoms with E-state index in [1.807, 2.05) is 16.7 Å². The zero-order chi connectivity index (χ0) is 22.0. The first kappa shape index (κ1) is 21.0. The zero-order valence-electron chi connectivity index (χ0n) is 16.9. The quantitative estimate of drug-likeness (QED) is 0.411. The maximum Gasteiger partial charge on any atom is 0.270 e. The largest absolute Gasteiger partial charge is 0.396 e. The minimum atomic E-state index is -0.540. The molecule has 0 aliphatic heterocycles. The van der Waals surface area contributed by atoms with Gasteiger partial charge in [-0.05, 0) is 55.4 Å². The van der Waals surface area contributed by atoms with Gasteiger partial charge in [0.05, 0.1) is 22.6 Å². The third-order valence-corrected chi connectivity index (χ3v) is 5.92. The fourth-order valence-corrected chi connectivity index (χ4v) is 4.22. The number of amides is 1. The van der Waals surface area contributed by atoms with Crippen LogP contribution in [0.15, 0.2) is 42.5 Å². The number of hydrogen-bond donors (Lipinski definition) is 3. The van der Waals surface area contributed by atoms with Crippen LogP contribution >= 0.6 is 0 Å². The lowest BCUT2D eigenvalue weighted by Crippen LogP contribution is -2.23. The zero-order valence-corrected chi connectivity index (χ0v) is 16.9. The Morgan fingerprint density at radius 2 is 1.94 bits per heavy atom. The standard InChI is InChI=1S/C22H24N4O5/c27-12-14-4-7-17(8-5-14)25-20-9-6-15(13-28)10-19(20)23-22(25)24-21(29)16-2-1-3-18(11-16)26(30)31/h1-3,6,9-11,14,17,27-28H,4-5,7-8,12-13H2,(H,23,24,29)/t14-,17+. The van der Waals surface area contributed by atoms with Gasteiger partial charge in [-0.1, -0.05) is 12.1 Å². The number of carbonyl (C=O) groups excluding carboxylic acids is 1. The van der Waals surface area contributed by atoms with Gasteiger partial charge < -0.3 is 14.8 Å². The number of aliphatic hydroxyl groups is 2. The average molecular weight is 424 g/mol. The Kier molecular flexibility index (Phi) is 5.97. The Morgan fingerprint density at radius 3 is 2.61 bits per heavy atom. The van der Waals surface area contributed by atoms with Crippen LogP contribution in [-0.4, -0.2) is 37.2 Å². The van der Waals surface area contributed by atoms with Gasteiger partial charge in [-0.2, -0.15) is 0 Å². The molecule has 0 atom stereocenters. The molecule has 2 aromatic carbocycles. The van der Waals surface area contributed by atoms with Gasteiger partial charge in [-0.3, -0.25) is 20.2 Å². The third-order valence-electron chi connectivity index (χ3n) is 5.92. The van der Waals surface area contributed by atoms with Crippen LogP contribution in [0, 0.1) is 16.0 Å². The molecule has 162 valence electrons. The van der Waals surface area contributed by atoms with Crippen molar-refractivity contribution < 1.29 is 19.9 Å². The van der Waals surface area contributed by atoms with Crippen molar-refractivity contribution in [2.45, 2.75) is 38.3 Å². The number of hydrogen-bond acceptors (Lipinski definition) is 6. The first-order valence-corrected chi connectivity index (χ1v) is 10.3. The van der Waals surface area contributed by atoms with E-state index in [0.29, 0.717) is 11.5 Å². The van der Waals surface area contributed by atoms with E-state index in [4.69, 9.17) is 0 Å². The molecular weight excluding hydrogens is 400 g/mol. The van der Waals surface area contributed by atoms with E-state index in [2.05, 4.69) is 10.3 Å². The van der Waals surface area contributed by atoms with Gasteiger partial charge in [-0.15, -0.1) is 0 Å². The van der Waals surface area contributed by atoms with E-state index in [1.54, 1.807) is 6.07 Å². The summed E-state index contributed by atoms with van der Waals surface area (Å²) in [4.78, 5) is 28.0. The number of nitro benzene ring substituents is 1. The van der Waals surface area contributed by atoms with Crippen molar-refractivity contribution in [1.29, 1.82) is 0 Å². The monoisotopic (exact) mass is 424 g/mol. The number of carbonyl (C=O) groups is 1. The molecule has 0 radical (unpaired) electrons. The molecule has 4 rings (SSSR count). The molecule has 1 saturated carbocycles. The Morgan fingerprint density at radius 1 is 1.16 bits per heavy atom. The Bertz CT molecular complexity index is 1120. The fraction of sp³-hybridized carbons (Fsp3) is 0.364. The normalized spacial score (nSPS) is 18.8. The molecule has 0 saturated heterocycles. The van der Waals surface area contributed by atoms with E-state index in [9.17, 15) is 25.1 Å². The first-order chi connectivity index (χ1) is 15.0. The molecule has 0 unspecified atom stereocenters. The Hall–Kier alpha value is -3.30. The summed E-state index contributed by atoms with van der Waals surface area (Å²) in [6.07, 6.45) is 3.46. The number of nitrogens with zero attached hydrogens (tertiary/aromatic N) is 3. The number of anilines is 1. The van der Waals surface area contributed by atoms with Crippen LogP contribution in [0.25, 0.3) is 11.0 Å². The van der Waals surface area contributed by atoms with Crippen LogP contribution in [0.3, 0.4) is 0 Å². The van der Waals surface area contributed by atoms with Crippen LogP contribution in [-0.2, 0) is 6.61 Å². The minimum absolute atomic E-state index is 0.105. The second-order valence-corrected chi connectivity index (χ2v) is 7.91. The Balaban J connectivity index is 1.70. The van der Waals surface area contributed by atoms with Crippen LogP contribution in [0.2, 0.25) is 0 Å². The molecule has 1 aromatic heterocycles. The van der Waals surface area contributed by atoms with Crippen molar-refractivity contribution >= 4 is 28.6 Å². The molecule has 31 heavy (non-hydrogen) atoms. The van der Waals surface area contributed by atoms with Gasteiger partial charge in [0.25, 0.3) is 11.6 Å². The van der Waals surface area contributed by atoms with Gasteiger partial charge in [0, 0.05) is 30.3 Å². The van der Waals surface area contributed by atoms with Crippen LogP contribution in [0.4, 0.5) is 11.6 Å². The van der Waals surface area contributed by atoms with Gasteiger partial charge >= 0.3 is 0 Å². The first-order valence-electron chi connectivity index (χ1n) is 10.3. The highest BCUT2D eigenvalue weighted by atomic mass is 16.6. The number of rotatable bonds is 6. The van der Waals surface area contributed by atoms with Crippen molar-refractivity contribution in [3.8, 4) is 0 Å². The van der Waals surface area contributed by atoms with E-state index < -0.39 is 10.8 Å². The van der Waals surface area contributed by atoms with Gasteiger partial charge in [0.1, 0.15) is 0 Å². The van der Waals surface area contributed by atoms with Gasteiger partial charge in [-0.25, -0.2) is 4.98 Å². The summed E-state index contributed by atoms with van der Waals surface area (Å²) < 4.78 is 2.00. The molecule has 9 nitrogen and oxygen atoms in total. The highest BCUT2D eigenvalue weighted by molar-refractivity contribution is 6.04. The summed E-state index contributed by atoms with van der Waals surface area (Å²) in [6.45, 7) is 0.0629. The topological polar surface area (TPSA) is 131 Å². The van der Waals surface area contributed by atoms with Crippen LogP contribution < -0.4 is 5.32 Å². The molecule has 0 spiro atoms. The molecule has 1 aliphatic carbocycles. The summed E-state index contributed by atoms with van der Waals surface area (Å²) in [7, 11) is 0. The number of fused-ring (bicyclic) bond motifs is 1. The minimum Gasteiger partial charge on any atom is -0.396 e. The number of nitrogens with one attached hydrogen (secondary N) is 1. The second-order valence-electron chi connectivity index (χ2n) is 7.91. The van der Waals surface area contributed by atoms with Crippen molar-refractivity contribution in [1.82, 2.24) is 9.55 Å². The SMILES string of the molecule is O=C(Nc1nc2cc(CO)ccc2n1[C@H]1CC[C@@H](CO)CC1)c1cccc([N+](=O)[O-])c1. The number of non-ortho nitro benzene ring substituents is 1. The molecule has 1 fully saturated rings. The molecule has 0 bridgehead atoms. The van der Waals surface area contributed by atoms with Crippen molar-refractivity contribution in [2.75, 3.05) is 11.9 Å². The molecule has 3 N–H and O–H groups in total. The summed E-state index contributed by atoms with van der Waals surface area (Å²) in [6, 6.07) is 11.2. The molecule has 1 amide bonds. The van der Waals surface area contributed by atoms with Crippen molar-refractivity contribution in [2.24, 2.45) is 5.92 Å². The van der Waals surface area contributed by atoms with Crippen LogP contribution in [0.5, 0.6) is 0 Å². The summed E-state index contributed by atoms with van der Waals surface area (Å²) in [5.74, 6) is 0.177. The fourth-order valence-electron chi connectivity index (χ4n) is 4.22. The highest BCUT2D eigenvalue weighted by Crippen LogP contribution is 2.37. The molecule has 3 aromatic rings. The van der Waals surface area contributed by atoms with Crippen molar-refractivity contribution in [3.05, 3.63) is 63.7 Å². The van der Waals surface area contributed by atoms with E-state index in [1.165, 1.54) is 24.3 Å². The smallest absolute Gasteiger partial charge is 0.270 e. The summed E-state index contributed by atoms with van der Waals surface area (Å²) in [5, 5.41) is 32.8. The maximum absolute atomic E-state index is 12.9. The molecular formula is C22H24N4O5. The van der Waals surface area contributed by atoms with Gasteiger partial charge in [0.2, 0.25) is 5.95 Å². The maximum atomic E-state index is 12.9. The van der Waals surface area contributed by atoms with E-state index in [-0.39, 0.29) is 36.4 Å². The van der Waals surface area contributed by atoms with Gasteiger partial charge in [0.15, 0.2) is 0 Å². The lowest BCUT2D eigenvalue weighted by atomic mass is 9.86. The lowest BCUT2D eigenvalue weighted by molar-refractivity contribution is -0.384. The van der Waals surface area contributed by atoms with Crippen LogP contribution in [0.1, 0.15) is 47.6 Å². The number of aromatic nitrogens is 2. The number of aliphatic hydroxyl groups excluding tert-OH is 2. The number of benzene rings is 2. The second kappa shape index (κ2) is 8.83. The number of nitro groups is 1. The molecule has 9 heteroatoms.